The van der Waals surface area contributed by atoms with Crippen LogP contribution >= 0.6 is 0 Å². The number of fused-ring (bicyclic) bond motifs is 1. The molecule has 184 valence electrons. The minimum atomic E-state index is -0.591. The van der Waals surface area contributed by atoms with Crippen molar-refractivity contribution in [1.29, 1.82) is 0 Å². The highest BCUT2D eigenvalue weighted by molar-refractivity contribution is 6.02. The Kier molecular flexibility index (Phi) is 6.18. The zero-order valence-electron chi connectivity index (χ0n) is 19.5. The van der Waals surface area contributed by atoms with E-state index in [1.807, 2.05) is 31.2 Å². The molecule has 13 nitrogen and oxygen atoms in total. The summed E-state index contributed by atoms with van der Waals surface area (Å²) in [6.45, 7) is 4.57. The van der Waals surface area contributed by atoms with Crippen LogP contribution in [0.5, 0.6) is 17.2 Å². The minimum absolute atomic E-state index is 0.0175. The molecule has 0 fully saturated rings. The Labute approximate surface area is 204 Å². The first-order valence-electron chi connectivity index (χ1n) is 11.1. The molecular weight excluding hydrogens is 468 g/mol. The second-order valence-corrected chi connectivity index (χ2v) is 7.75. The first-order valence-corrected chi connectivity index (χ1v) is 11.1. The predicted molar refractivity (Wildman–Crippen MR) is 127 cm³/mol. The number of hydrazone groups is 1. The van der Waals surface area contributed by atoms with E-state index in [2.05, 4.69) is 31.2 Å². The van der Waals surface area contributed by atoms with Crippen molar-refractivity contribution in [3.8, 4) is 34.3 Å². The number of aromatic nitrogens is 5. The van der Waals surface area contributed by atoms with Crippen molar-refractivity contribution >= 4 is 17.4 Å². The maximum absolute atomic E-state index is 13.1. The number of carbonyl (C=O) groups is 1. The van der Waals surface area contributed by atoms with Crippen LogP contribution in [-0.2, 0) is 0 Å². The summed E-state index contributed by atoms with van der Waals surface area (Å²) in [4.78, 5) is 13.1. The van der Waals surface area contributed by atoms with Crippen molar-refractivity contribution in [3.63, 3.8) is 0 Å². The summed E-state index contributed by atoms with van der Waals surface area (Å²) < 4.78 is 22.4. The number of amides is 1. The molecule has 0 unspecified atom stereocenters. The normalized spacial score (nSPS) is 12.6. The monoisotopic (exact) mass is 490 g/mol. The summed E-state index contributed by atoms with van der Waals surface area (Å²) in [5.74, 6) is 1.33. The molecule has 0 saturated heterocycles. The van der Waals surface area contributed by atoms with Gasteiger partial charge >= 0.3 is 0 Å². The highest BCUT2D eigenvalue weighted by atomic mass is 16.7. The van der Waals surface area contributed by atoms with Crippen molar-refractivity contribution in [3.05, 3.63) is 53.7 Å². The lowest BCUT2D eigenvalue weighted by atomic mass is 10.1. The Morgan fingerprint density at radius 1 is 1.17 bits per heavy atom. The summed E-state index contributed by atoms with van der Waals surface area (Å²) >= 11 is 0. The van der Waals surface area contributed by atoms with Crippen LogP contribution in [0.2, 0.25) is 0 Å². The zero-order chi connectivity index (χ0) is 25.1. The number of anilines is 1. The predicted octanol–water partition coefficient (Wildman–Crippen LogP) is 2.57. The fourth-order valence-electron chi connectivity index (χ4n) is 3.49. The summed E-state index contributed by atoms with van der Waals surface area (Å²) in [6, 6.07) is 12.6. The van der Waals surface area contributed by atoms with Crippen LogP contribution in [0.15, 0.2) is 52.2 Å². The third-order valence-corrected chi connectivity index (χ3v) is 5.30. The van der Waals surface area contributed by atoms with E-state index in [1.165, 1.54) is 4.68 Å². The molecule has 0 spiro atoms. The van der Waals surface area contributed by atoms with Gasteiger partial charge in [0.05, 0.1) is 12.3 Å². The molecule has 1 amide bonds. The lowest BCUT2D eigenvalue weighted by Gasteiger charge is -2.08. The number of nitrogens with zero attached hydrogens (tertiary/aromatic N) is 6. The van der Waals surface area contributed by atoms with Gasteiger partial charge in [0.25, 0.3) is 5.91 Å². The van der Waals surface area contributed by atoms with Gasteiger partial charge in [-0.2, -0.15) is 9.78 Å². The Balaban J connectivity index is 1.44. The van der Waals surface area contributed by atoms with Gasteiger partial charge in [0.1, 0.15) is 11.4 Å². The van der Waals surface area contributed by atoms with E-state index in [1.54, 1.807) is 25.1 Å². The van der Waals surface area contributed by atoms with Crippen LogP contribution in [0.1, 0.15) is 36.3 Å². The number of ether oxygens (including phenoxy) is 3. The van der Waals surface area contributed by atoms with Gasteiger partial charge in [-0.15, -0.1) is 5.10 Å². The molecule has 0 bridgehead atoms. The maximum Gasteiger partial charge on any atom is 0.294 e. The molecule has 5 rings (SSSR count). The van der Waals surface area contributed by atoms with E-state index in [4.69, 9.17) is 24.6 Å². The van der Waals surface area contributed by atoms with Gasteiger partial charge in [-0.25, -0.2) is 10.1 Å². The lowest BCUT2D eigenvalue weighted by molar-refractivity contribution is 0.0950. The highest BCUT2D eigenvalue weighted by Crippen LogP contribution is 2.37. The summed E-state index contributed by atoms with van der Waals surface area (Å²) in [6.07, 6.45) is 0.924. The number of hydrogen-bond donors (Lipinski definition) is 2. The lowest BCUT2D eigenvalue weighted by Crippen LogP contribution is -2.21. The number of nitrogens with two attached hydrogens (primary N) is 1. The van der Waals surface area contributed by atoms with Crippen LogP contribution in [0.3, 0.4) is 0 Å². The molecule has 2 aromatic heterocycles. The van der Waals surface area contributed by atoms with E-state index in [9.17, 15) is 4.79 Å². The van der Waals surface area contributed by atoms with Crippen LogP contribution in [0.25, 0.3) is 17.1 Å². The fraction of sp³-hybridized carbons (Fsp3) is 0.217. The SMILES string of the molecule is CCCOc1ccc(/C(C)=N\NC(=O)c2nnn(-c3nonc3N)c2-c2ccc3c(c2)OCO3)cc1. The van der Waals surface area contributed by atoms with Crippen molar-refractivity contribution < 1.29 is 23.6 Å². The number of carbonyl (C=O) groups excluding carboxylic acids is 1. The molecular formula is C23H22N8O5. The second-order valence-electron chi connectivity index (χ2n) is 7.75. The number of benzene rings is 2. The number of nitrogens with one attached hydrogen (secondary N) is 1. The smallest absolute Gasteiger partial charge is 0.294 e. The first kappa shape index (κ1) is 22.8. The standard InChI is InChI=1S/C23H22N8O5/c1-3-10-33-16-7-4-14(5-8-16)13(2)25-27-23(32)19-20(15-6-9-17-18(11-15)35-12-34-17)31(30-26-19)22-21(24)28-36-29-22/h4-9,11H,3,10,12H2,1-2H3,(H2,24,28)(H,27,32)/b25-13-. The molecule has 1 aliphatic rings. The van der Waals surface area contributed by atoms with Crippen LogP contribution in [0, 0.1) is 0 Å². The van der Waals surface area contributed by atoms with Crippen molar-refractivity contribution in [2.75, 3.05) is 19.1 Å². The highest BCUT2D eigenvalue weighted by Gasteiger charge is 2.27. The number of hydrogen-bond acceptors (Lipinski definition) is 11. The Morgan fingerprint density at radius 2 is 1.97 bits per heavy atom. The quantitative estimate of drug-likeness (QED) is 0.277. The van der Waals surface area contributed by atoms with Crippen molar-refractivity contribution in [2.45, 2.75) is 20.3 Å². The van der Waals surface area contributed by atoms with E-state index < -0.39 is 5.91 Å². The van der Waals surface area contributed by atoms with Gasteiger partial charge in [0, 0.05) is 5.56 Å². The van der Waals surface area contributed by atoms with Crippen molar-refractivity contribution in [2.24, 2.45) is 5.10 Å². The van der Waals surface area contributed by atoms with Crippen LogP contribution in [-0.4, -0.2) is 50.3 Å². The van der Waals surface area contributed by atoms with Gasteiger partial charge in [-0.1, -0.05) is 12.1 Å². The molecule has 3 N–H and O–H groups in total. The molecule has 3 heterocycles. The molecule has 0 atom stereocenters. The van der Waals surface area contributed by atoms with Gasteiger partial charge in [-0.05, 0) is 71.7 Å². The fourth-order valence-corrected chi connectivity index (χ4v) is 3.49. The maximum atomic E-state index is 13.1. The second kappa shape index (κ2) is 9.74. The van der Waals surface area contributed by atoms with E-state index >= 15 is 0 Å². The van der Waals surface area contributed by atoms with E-state index in [0.717, 1.165) is 17.7 Å². The Hall–Kier alpha value is -4.94. The molecule has 4 aromatic rings. The van der Waals surface area contributed by atoms with Crippen LogP contribution in [0.4, 0.5) is 5.82 Å². The average molecular weight is 490 g/mol. The molecule has 0 saturated carbocycles. The Bertz CT molecular complexity index is 1430. The molecule has 36 heavy (non-hydrogen) atoms. The largest absolute Gasteiger partial charge is 0.494 e. The van der Waals surface area contributed by atoms with Gasteiger partial charge in [0.15, 0.2) is 17.2 Å². The molecule has 0 aliphatic carbocycles. The average Bonchev–Trinajstić information content (AvgIpc) is 3.64. The first-order chi connectivity index (χ1) is 17.5. The minimum Gasteiger partial charge on any atom is -0.494 e. The molecule has 2 aromatic carbocycles. The molecule has 0 radical (unpaired) electrons. The van der Waals surface area contributed by atoms with E-state index in [0.29, 0.717) is 35.1 Å². The molecule has 1 aliphatic heterocycles. The summed E-state index contributed by atoms with van der Waals surface area (Å²) in [5.41, 5.74) is 10.6. The molecule has 13 heteroatoms. The zero-order valence-corrected chi connectivity index (χ0v) is 19.5. The number of rotatable bonds is 8. The van der Waals surface area contributed by atoms with Crippen LogP contribution < -0.4 is 25.4 Å². The van der Waals surface area contributed by atoms with Gasteiger partial charge < -0.3 is 19.9 Å². The third-order valence-electron chi connectivity index (χ3n) is 5.30. The topological polar surface area (TPSA) is 165 Å². The summed E-state index contributed by atoms with van der Waals surface area (Å²) in [5, 5.41) is 19.7. The third kappa shape index (κ3) is 4.41. The van der Waals surface area contributed by atoms with Gasteiger partial charge in [-0.3, -0.25) is 4.79 Å². The summed E-state index contributed by atoms with van der Waals surface area (Å²) in [7, 11) is 0. The van der Waals surface area contributed by atoms with Crippen molar-refractivity contribution in [1.82, 2.24) is 30.7 Å². The number of nitrogen functional groups attached to an aromatic ring is 1. The van der Waals surface area contributed by atoms with Gasteiger partial charge in [0.2, 0.25) is 18.4 Å². The Morgan fingerprint density at radius 3 is 2.72 bits per heavy atom. The van der Waals surface area contributed by atoms with E-state index in [-0.39, 0.29) is 24.1 Å².